The SMILES string of the molecule is CCN(CC)S(=O)(=O)c1ccc(OCC(=O)NCc2ccccc2OC)cc1. The molecular weight excluding hydrogens is 380 g/mol. The fourth-order valence-electron chi connectivity index (χ4n) is 2.66. The highest BCUT2D eigenvalue weighted by Gasteiger charge is 2.21. The lowest BCUT2D eigenvalue weighted by molar-refractivity contribution is -0.123. The van der Waals surface area contributed by atoms with Gasteiger partial charge in [-0.25, -0.2) is 8.42 Å². The van der Waals surface area contributed by atoms with Crippen molar-refractivity contribution in [2.45, 2.75) is 25.3 Å². The minimum absolute atomic E-state index is 0.169. The second kappa shape index (κ2) is 10.1. The standard InChI is InChI=1S/C20H26N2O5S/c1-4-22(5-2)28(24,25)18-12-10-17(11-13-18)27-15-20(23)21-14-16-8-6-7-9-19(16)26-3/h6-13H,4-5,14-15H2,1-3H3,(H,21,23). The molecule has 1 amide bonds. The fourth-order valence-corrected chi connectivity index (χ4v) is 4.12. The van der Waals surface area contributed by atoms with Crippen LogP contribution >= 0.6 is 0 Å². The van der Waals surface area contributed by atoms with Crippen molar-refractivity contribution in [2.24, 2.45) is 0 Å². The summed E-state index contributed by atoms with van der Waals surface area (Å²) in [5.74, 6) is 0.838. The van der Waals surface area contributed by atoms with Crippen LogP contribution in [0.1, 0.15) is 19.4 Å². The number of hydrogen-bond acceptors (Lipinski definition) is 5. The van der Waals surface area contributed by atoms with Crippen molar-refractivity contribution in [1.82, 2.24) is 9.62 Å². The van der Waals surface area contributed by atoms with Crippen molar-refractivity contribution in [3.05, 3.63) is 54.1 Å². The summed E-state index contributed by atoms with van der Waals surface area (Å²) in [5, 5.41) is 2.76. The third kappa shape index (κ3) is 5.46. The van der Waals surface area contributed by atoms with E-state index in [4.69, 9.17) is 9.47 Å². The van der Waals surface area contributed by atoms with Gasteiger partial charge in [-0.3, -0.25) is 4.79 Å². The molecule has 0 aliphatic heterocycles. The molecule has 0 aromatic heterocycles. The summed E-state index contributed by atoms with van der Waals surface area (Å²) in [6.45, 7) is 4.56. The van der Waals surface area contributed by atoms with Crippen molar-refractivity contribution in [1.29, 1.82) is 0 Å². The Morgan fingerprint density at radius 2 is 1.68 bits per heavy atom. The van der Waals surface area contributed by atoms with Crippen LogP contribution in [0.25, 0.3) is 0 Å². The molecular formula is C20H26N2O5S. The number of amides is 1. The first kappa shape index (κ1) is 21.7. The number of methoxy groups -OCH3 is 1. The molecule has 0 saturated heterocycles. The molecule has 8 heteroatoms. The number of rotatable bonds is 10. The fraction of sp³-hybridized carbons (Fsp3) is 0.350. The van der Waals surface area contributed by atoms with Crippen LogP contribution in [0.5, 0.6) is 11.5 Å². The first-order valence-corrected chi connectivity index (χ1v) is 10.5. The van der Waals surface area contributed by atoms with E-state index in [1.165, 1.54) is 16.4 Å². The number of benzene rings is 2. The first-order chi connectivity index (χ1) is 13.4. The van der Waals surface area contributed by atoms with Crippen LogP contribution < -0.4 is 14.8 Å². The van der Waals surface area contributed by atoms with Crippen molar-refractivity contribution < 1.29 is 22.7 Å². The highest BCUT2D eigenvalue weighted by Crippen LogP contribution is 2.20. The smallest absolute Gasteiger partial charge is 0.258 e. The van der Waals surface area contributed by atoms with Gasteiger partial charge in [0.05, 0.1) is 12.0 Å². The maximum Gasteiger partial charge on any atom is 0.258 e. The molecule has 0 atom stereocenters. The van der Waals surface area contributed by atoms with Crippen LogP contribution in [0.4, 0.5) is 0 Å². The second-order valence-electron chi connectivity index (χ2n) is 5.94. The van der Waals surface area contributed by atoms with E-state index >= 15 is 0 Å². The molecule has 0 heterocycles. The maximum atomic E-state index is 12.5. The van der Waals surface area contributed by atoms with Crippen LogP contribution in [0, 0.1) is 0 Å². The summed E-state index contributed by atoms with van der Waals surface area (Å²) >= 11 is 0. The zero-order chi connectivity index (χ0) is 20.6. The van der Waals surface area contributed by atoms with E-state index in [0.717, 1.165) is 5.56 Å². The summed E-state index contributed by atoms with van der Waals surface area (Å²) in [6.07, 6.45) is 0. The molecule has 0 aliphatic carbocycles. The molecule has 7 nitrogen and oxygen atoms in total. The summed E-state index contributed by atoms with van der Waals surface area (Å²) in [7, 11) is -1.93. The van der Waals surface area contributed by atoms with Crippen LogP contribution in [0.2, 0.25) is 0 Å². The second-order valence-corrected chi connectivity index (χ2v) is 7.88. The van der Waals surface area contributed by atoms with E-state index in [1.54, 1.807) is 33.1 Å². The molecule has 0 fully saturated rings. The van der Waals surface area contributed by atoms with Gasteiger partial charge in [0, 0.05) is 25.2 Å². The lowest BCUT2D eigenvalue weighted by Gasteiger charge is -2.18. The molecule has 0 aliphatic rings. The van der Waals surface area contributed by atoms with E-state index in [1.807, 2.05) is 24.3 Å². The topological polar surface area (TPSA) is 84.9 Å². The number of carbonyl (C=O) groups is 1. The molecule has 0 unspecified atom stereocenters. The number of nitrogens with zero attached hydrogens (tertiary/aromatic N) is 1. The van der Waals surface area contributed by atoms with Gasteiger partial charge in [0.25, 0.3) is 5.91 Å². The van der Waals surface area contributed by atoms with Crippen LogP contribution in [0.15, 0.2) is 53.4 Å². The average molecular weight is 407 g/mol. The molecule has 2 aromatic rings. The van der Waals surface area contributed by atoms with Gasteiger partial charge in [-0.15, -0.1) is 0 Å². The van der Waals surface area contributed by atoms with Gasteiger partial charge in [0.1, 0.15) is 11.5 Å². The Morgan fingerprint density at radius 3 is 2.29 bits per heavy atom. The molecule has 0 saturated carbocycles. The normalized spacial score (nSPS) is 11.3. The van der Waals surface area contributed by atoms with E-state index in [0.29, 0.717) is 31.1 Å². The number of carbonyl (C=O) groups excluding carboxylic acids is 1. The minimum Gasteiger partial charge on any atom is -0.496 e. The van der Waals surface area contributed by atoms with Crippen molar-refractivity contribution in [3.8, 4) is 11.5 Å². The first-order valence-electron chi connectivity index (χ1n) is 9.04. The lowest BCUT2D eigenvalue weighted by atomic mass is 10.2. The Balaban J connectivity index is 1.90. The molecule has 0 bridgehead atoms. The quantitative estimate of drug-likeness (QED) is 0.655. The predicted octanol–water partition coefficient (Wildman–Crippen LogP) is 2.42. The van der Waals surface area contributed by atoms with Crippen molar-refractivity contribution in [2.75, 3.05) is 26.8 Å². The van der Waals surface area contributed by atoms with Crippen molar-refractivity contribution in [3.63, 3.8) is 0 Å². The van der Waals surface area contributed by atoms with E-state index in [9.17, 15) is 13.2 Å². The Morgan fingerprint density at radius 1 is 1.04 bits per heavy atom. The number of sulfonamides is 1. The number of para-hydroxylation sites is 1. The largest absolute Gasteiger partial charge is 0.496 e. The third-order valence-electron chi connectivity index (χ3n) is 4.21. The summed E-state index contributed by atoms with van der Waals surface area (Å²) in [5.41, 5.74) is 0.865. The molecule has 152 valence electrons. The number of nitrogens with one attached hydrogen (secondary N) is 1. The lowest BCUT2D eigenvalue weighted by Crippen LogP contribution is -2.30. The Kier molecular flexibility index (Phi) is 7.83. The third-order valence-corrected chi connectivity index (χ3v) is 6.27. The highest BCUT2D eigenvalue weighted by molar-refractivity contribution is 7.89. The molecule has 2 aromatic carbocycles. The molecule has 28 heavy (non-hydrogen) atoms. The maximum absolute atomic E-state index is 12.5. The summed E-state index contributed by atoms with van der Waals surface area (Å²) in [6, 6.07) is 13.5. The van der Waals surface area contributed by atoms with Crippen molar-refractivity contribution >= 4 is 15.9 Å². The Labute approximate surface area is 166 Å². The van der Waals surface area contributed by atoms with E-state index < -0.39 is 10.0 Å². The predicted molar refractivity (Wildman–Crippen MR) is 107 cm³/mol. The Bertz CT molecular complexity index is 878. The molecule has 1 N–H and O–H groups in total. The zero-order valence-corrected chi connectivity index (χ0v) is 17.2. The van der Waals surface area contributed by atoms with Gasteiger partial charge in [-0.05, 0) is 30.3 Å². The number of hydrogen-bond donors (Lipinski definition) is 1. The summed E-state index contributed by atoms with van der Waals surface area (Å²) < 4.78 is 37.0. The molecule has 0 radical (unpaired) electrons. The van der Waals surface area contributed by atoms with Gasteiger partial charge in [0.2, 0.25) is 10.0 Å². The monoisotopic (exact) mass is 406 g/mol. The average Bonchev–Trinajstić information content (AvgIpc) is 2.72. The van der Waals surface area contributed by atoms with Crippen LogP contribution in [-0.2, 0) is 21.4 Å². The molecule has 0 spiro atoms. The van der Waals surface area contributed by atoms with E-state index in [2.05, 4.69) is 5.32 Å². The van der Waals surface area contributed by atoms with Gasteiger partial charge in [-0.1, -0.05) is 32.0 Å². The van der Waals surface area contributed by atoms with Gasteiger partial charge in [0.15, 0.2) is 6.61 Å². The van der Waals surface area contributed by atoms with E-state index in [-0.39, 0.29) is 17.4 Å². The van der Waals surface area contributed by atoms with Crippen LogP contribution in [0.3, 0.4) is 0 Å². The number of ether oxygens (including phenoxy) is 2. The minimum atomic E-state index is -3.51. The summed E-state index contributed by atoms with van der Waals surface area (Å²) in [4.78, 5) is 12.2. The molecule has 2 rings (SSSR count). The Hall–Kier alpha value is -2.58. The zero-order valence-electron chi connectivity index (χ0n) is 16.3. The van der Waals surface area contributed by atoms with Gasteiger partial charge in [-0.2, -0.15) is 4.31 Å². The van der Waals surface area contributed by atoms with Crippen LogP contribution in [-0.4, -0.2) is 45.4 Å². The van der Waals surface area contributed by atoms with Gasteiger partial charge >= 0.3 is 0 Å². The highest BCUT2D eigenvalue weighted by atomic mass is 32.2. The van der Waals surface area contributed by atoms with Gasteiger partial charge < -0.3 is 14.8 Å².